The highest BCUT2D eigenvalue weighted by molar-refractivity contribution is 7.86. The lowest BCUT2D eigenvalue weighted by Crippen LogP contribution is -2.03. The first-order valence-corrected chi connectivity index (χ1v) is 6.03. The Bertz CT molecular complexity index is 710. The second kappa shape index (κ2) is 3.51. The Morgan fingerprint density at radius 1 is 1.12 bits per heavy atom. The highest BCUT2D eigenvalue weighted by Gasteiger charge is 2.19. The maximum Gasteiger partial charge on any atom is 0.296 e. The molecule has 17 heavy (non-hydrogen) atoms. The number of nitrogens with two attached hydrogens (primary N) is 2. The number of hydrogen-bond acceptors (Lipinski definition) is 5. The van der Waals surface area contributed by atoms with E-state index in [9.17, 15) is 13.5 Å². The van der Waals surface area contributed by atoms with Crippen LogP contribution in [0.3, 0.4) is 0 Å². The number of nitrogen functional groups attached to an aromatic ring is 2. The van der Waals surface area contributed by atoms with Gasteiger partial charge in [-0.15, -0.1) is 0 Å². The fourth-order valence-electron chi connectivity index (χ4n) is 1.60. The summed E-state index contributed by atoms with van der Waals surface area (Å²) in [5, 5.41) is 10.5. The number of rotatable bonds is 1. The van der Waals surface area contributed by atoms with E-state index < -0.39 is 26.5 Å². The molecular weight excluding hydrogens is 244 g/mol. The Kier molecular flexibility index (Phi) is 2.37. The molecule has 0 spiro atoms. The van der Waals surface area contributed by atoms with Crippen LogP contribution in [0.15, 0.2) is 29.2 Å². The summed E-state index contributed by atoms with van der Waals surface area (Å²) in [6, 6.07) is 5.72. The van der Waals surface area contributed by atoms with E-state index in [1.807, 2.05) is 0 Å². The first kappa shape index (κ1) is 11.5. The Morgan fingerprint density at radius 2 is 1.76 bits per heavy atom. The summed E-state index contributed by atoms with van der Waals surface area (Å²) in [4.78, 5) is -0.521. The molecule has 0 atom stereocenters. The minimum atomic E-state index is -4.47. The quantitative estimate of drug-likeness (QED) is 0.341. The third-order valence-corrected chi connectivity index (χ3v) is 3.31. The van der Waals surface area contributed by atoms with Crippen LogP contribution in [0.2, 0.25) is 0 Å². The van der Waals surface area contributed by atoms with Crippen LogP contribution in [-0.2, 0) is 10.1 Å². The summed E-state index contributed by atoms with van der Waals surface area (Å²) in [7, 11) is -4.47. The molecule has 0 radical (unpaired) electrons. The zero-order chi connectivity index (χ0) is 12.8. The topological polar surface area (TPSA) is 127 Å². The fourth-order valence-corrected chi connectivity index (χ4v) is 2.25. The largest absolute Gasteiger partial charge is 0.505 e. The second-order valence-electron chi connectivity index (χ2n) is 3.59. The summed E-state index contributed by atoms with van der Waals surface area (Å²) in [6.07, 6.45) is 0. The molecule has 2 aromatic carbocycles. The summed E-state index contributed by atoms with van der Waals surface area (Å²) in [5.41, 5.74) is 11.0. The van der Waals surface area contributed by atoms with Gasteiger partial charge in [0.15, 0.2) is 0 Å². The van der Waals surface area contributed by atoms with E-state index in [1.54, 1.807) is 6.07 Å². The fraction of sp³-hybridized carbons (Fsp3) is 0. The van der Waals surface area contributed by atoms with E-state index in [0.29, 0.717) is 16.5 Å². The predicted octanol–water partition coefficient (Wildman–Crippen LogP) is 0.956. The van der Waals surface area contributed by atoms with Crippen LogP contribution in [-0.4, -0.2) is 18.1 Å². The van der Waals surface area contributed by atoms with Crippen molar-refractivity contribution in [2.75, 3.05) is 11.5 Å². The standard InChI is InChI=1S/C10H10N2O4S/c11-6-2-1-5-3-8(17(14,15)16)9(12)10(13)7(5)4-6/h1-4,13H,11-12H2,(H,14,15,16). The second-order valence-corrected chi connectivity index (χ2v) is 4.98. The third kappa shape index (κ3) is 1.85. The molecule has 0 saturated carbocycles. The minimum Gasteiger partial charge on any atom is -0.505 e. The van der Waals surface area contributed by atoms with Gasteiger partial charge in [-0.2, -0.15) is 8.42 Å². The highest BCUT2D eigenvalue weighted by atomic mass is 32.2. The van der Waals surface area contributed by atoms with Gasteiger partial charge in [0.05, 0.1) is 5.69 Å². The highest BCUT2D eigenvalue weighted by Crippen LogP contribution is 2.36. The van der Waals surface area contributed by atoms with Crippen molar-refractivity contribution in [2.24, 2.45) is 0 Å². The Balaban J connectivity index is 2.94. The van der Waals surface area contributed by atoms with E-state index in [1.165, 1.54) is 18.2 Å². The lowest BCUT2D eigenvalue weighted by atomic mass is 10.1. The molecule has 0 amide bonds. The van der Waals surface area contributed by atoms with Gasteiger partial charge in [0.2, 0.25) is 0 Å². The number of benzene rings is 2. The Hall–Kier alpha value is -1.99. The summed E-state index contributed by atoms with van der Waals surface area (Å²) in [6.45, 7) is 0. The molecule has 6 N–H and O–H groups in total. The number of hydrogen-bond donors (Lipinski definition) is 4. The van der Waals surface area contributed by atoms with Crippen molar-refractivity contribution in [1.29, 1.82) is 0 Å². The van der Waals surface area contributed by atoms with E-state index in [0.717, 1.165) is 0 Å². The van der Waals surface area contributed by atoms with E-state index in [2.05, 4.69) is 0 Å². The summed E-state index contributed by atoms with van der Waals surface area (Å²) >= 11 is 0. The SMILES string of the molecule is Nc1ccc2cc(S(=O)(=O)O)c(N)c(O)c2c1. The molecule has 6 nitrogen and oxygen atoms in total. The number of phenols is 1. The molecule has 0 heterocycles. The van der Waals surface area contributed by atoms with Crippen molar-refractivity contribution >= 4 is 32.3 Å². The van der Waals surface area contributed by atoms with Crippen LogP contribution in [0.25, 0.3) is 10.8 Å². The van der Waals surface area contributed by atoms with E-state index >= 15 is 0 Å². The number of phenolic OH excluding ortho intramolecular Hbond substituents is 1. The molecule has 0 aromatic heterocycles. The Morgan fingerprint density at radius 3 is 2.35 bits per heavy atom. The lowest BCUT2D eigenvalue weighted by molar-refractivity contribution is 0.473. The third-order valence-electron chi connectivity index (χ3n) is 2.42. The zero-order valence-electron chi connectivity index (χ0n) is 8.58. The van der Waals surface area contributed by atoms with Gasteiger partial charge in [-0.25, -0.2) is 0 Å². The average molecular weight is 254 g/mol. The molecule has 0 aliphatic rings. The number of fused-ring (bicyclic) bond motifs is 1. The normalized spacial score (nSPS) is 11.8. The van der Waals surface area contributed by atoms with Crippen LogP contribution in [0.1, 0.15) is 0 Å². The molecule has 0 fully saturated rings. The van der Waals surface area contributed by atoms with Crippen LogP contribution in [0.5, 0.6) is 5.75 Å². The van der Waals surface area contributed by atoms with Gasteiger partial charge in [-0.05, 0) is 23.6 Å². The minimum absolute atomic E-state index is 0.329. The number of anilines is 2. The van der Waals surface area contributed by atoms with Crippen molar-refractivity contribution in [3.8, 4) is 5.75 Å². The van der Waals surface area contributed by atoms with Crippen molar-refractivity contribution in [2.45, 2.75) is 4.90 Å². The van der Waals surface area contributed by atoms with Crippen LogP contribution < -0.4 is 11.5 Å². The first-order chi connectivity index (χ1) is 7.80. The maximum absolute atomic E-state index is 11.1. The van der Waals surface area contributed by atoms with Crippen molar-refractivity contribution in [1.82, 2.24) is 0 Å². The molecule has 0 saturated heterocycles. The van der Waals surface area contributed by atoms with Crippen molar-refractivity contribution < 1.29 is 18.1 Å². The van der Waals surface area contributed by atoms with Crippen LogP contribution >= 0.6 is 0 Å². The van der Waals surface area contributed by atoms with Crippen LogP contribution in [0, 0.1) is 0 Å². The molecular formula is C10H10N2O4S. The smallest absolute Gasteiger partial charge is 0.296 e. The summed E-state index contributed by atoms with van der Waals surface area (Å²) < 4.78 is 31.1. The summed E-state index contributed by atoms with van der Waals surface area (Å²) in [5.74, 6) is -0.414. The Labute approximate surface area is 97.2 Å². The molecule has 0 unspecified atom stereocenters. The van der Waals surface area contributed by atoms with Gasteiger partial charge in [0.1, 0.15) is 10.6 Å². The molecule has 7 heteroatoms. The maximum atomic E-state index is 11.1. The molecule has 2 rings (SSSR count). The molecule has 2 aromatic rings. The van der Waals surface area contributed by atoms with Crippen molar-refractivity contribution in [3.63, 3.8) is 0 Å². The zero-order valence-corrected chi connectivity index (χ0v) is 9.40. The van der Waals surface area contributed by atoms with Gasteiger partial charge in [0.25, 0.3) is 10.1 Å². The van der Waals surface area contributed by atoms with E-state index in [-0.39, 0.29) is 0 Å². The molecule has 0 bridgehead atoms. The van der Waals surface area contributed by atoms with E-state index in [4.69, 9.17) is 16.0 Å². The predicted molar refractivity (Wildman–Crippen MR) is 64.3 cm³/mol. The molecule has 0 aliphatic carbocycles. The average Bonchev–Trinajstić information content (AvgIpc) is 2.22. The van der Waals surface area contributed by atoms with Gasteiger partial charge in [-0.3, -0.25) is 4.55 Å². The van der Waals surface area contributed by atoms with Gasteiger partial charge < -0.3 is 16.6 Å². The first-order valence-electron chi connectivity index (χ1n) is 4.59. The number of aromatic hydroxyl groups is 1. The van der Waals surface area contributed by atoms with Crippen LogP contribution in [0.4, 0.5) is 11.4 Å². The molecule has 90 valence electrons. The van der Waals surface area contributed by atoms with Crippen molar-refractivity contribution in [3.05, 3.63) is 24.3 Å². The molecule has 0 aliphatic heterocycles. The van der Waals surface area contributed by atoms with Gasteiger partial charge in [-0.1, -0.05) is 6.07 Å². The van der Waals surface area contributed by atoms with Gasteiger partial charge >= 0.3 is 0 Å². The lowest BCUT2D eigenvalue weighted by Gasteiger charge is -2.09. The van der Waals surface area contributed by atoms with Gasteiger partial charge in [0, 0.05) is 11.1 Å². The monoisotopic (exact) mass is 254 g/mol.